The molecule has 0 atom stereocenters. The number of imide groups is 1. The lowest BCUT2D eigenvalue weighted by molar-refractivity contribution is -0.125. The highest BCUT2D eigenvalue weighted by Gasteiger charge is 2.36. The number of hydrogen-bond acceptors (Lipinski definition) is 6. The molecular formula is C22H19N3O6. The van der Waals surface area contributed by atoms with Crippen molar-refractivity contribution in [2.45, 2.75) is 0 Å². The molecule has 2 aliphatic rings. The third kappa shape index (κ3) is 3.95. The van der Waals surface area contributed by atoms with Gasteiger partial charge in [0, 0.05) is 17.9 Å². The zero-order valence-electron chi connectivity index (χ0n) is 16.5. The van der Waals surface area contributed by atoms with Gasteiger partial charge < -0.3 is 14.5 Å². The summed E-state index contributed by atoms with van der Waals surface area (Å²) in [4.78, 5) is 64.5. The molecule has 0 aromatic heterocycles. The molecular weight excluding hydrogens is 402 g/mol. The lowest BCUT2D eigenvalue weighted by atomic mass is 10.1. The highest BCUT2D eigenvalue weighted by atomic mass is 16.5. The maximum atomic E-state index is 12.5. The third-order valence-corrected chi connectivity index (χ3v) is 5.17. The lowest BCUT2D eigenvalue weighted by Gasteiger charge is -2.27. The summed E-state index contributed by atoms with van der Waals surface area (Å²) < 4.78 is 5.11. The molecule has 0 saturated carbocycles. The first kappa shape index (κ1) is 20.4. The number of ketones is 1. The molecule has 2 heterocycles. The molecule has 0 unspecified atom stereocenters. The maximum Gasteiger partial charge on any atom is 0.261 e. The third-order valence-electron chi connectivity index (χ3n) is 5.17. The van der Waals surface area contributed by atoms with Gasteiger partial charge in [-0.25, -0.2) is 0 Å². The van der Waals surface area contributed by atoms with Crippen molar-refractivity contribution in [2.24, 2.45) is 0 Å². The van der Waals surface area contributed by atoms with Gasteiger partial charge in [0.15, 0.2) is 5.78 Å². The summed E-state index contributed by atoms with van der Waals surface area (Å²) in [7, 11) is 0. The van der Waals surface area contributed by atoms with Gasteiger partial charge in [-0.1, -0.05) is 12.1 Å². The molecule has 0 bridgehead atoms. The minimum Gasteiger partial charge on any atom is -0.370 e. The molecule has 0 N–H and O–H groups in total. The van der Waals surface area contributed by atoms with E-state index in [1.54, 1.807) is 53.4 Å². The number of ether oxygens (including phenoxy) is 1. The quantitative estimate of drug-likeness (QED) is 0.486. The standard InChI is InChI=1S/C22H19N3O6/c26-14-23(15-5-7-16(8-6-15)24-9-10-31-13-20(24)28)11-17(27)12-25-21(29)18-3-1-2-4-19(18)22(25)30/h1-8,14H,9-13H2. The van der Waals surface area contributed by atoms with Crippen LogP contribution in [0, 0.1) is 0 Å². The predicted molar refractivity (Wildman–Crippen MR) is 110 cm³/mol. The number of nitrogens with zero attached hydrogens (tertiary/aromatic N) is 3. The minimum atomic E-state index is -0.522. The molecule has 2 aliphatic heterocycles. The molecule has 4 amide bonds. The van der Waals surface area contributed by atoms with Crippen LogP contribution in [0.1, 0.15) is 20.7 Å². The molecule has 9 heteroatoms. The first-order valence-corrected chi connectivity index (χ1v) is 9.66. The number of hydrogen-bond donors (Lipinski definition) is 0. The highest BCUT2D eigenvalue weighted by molar-refractivity contribution is 6.22. The normalized spacial score (nSPS) is 15.8. The van der Waals surface area contributed by atoms with Crippen LogP contribution in [0.2, 0.25) is 0 Å². The molecule has 31 heavy (non-hydrogen) atoms. The molecule has 0 aliphatic carbocycles. The SMILES string of the molecule is O=CN(CC(=O)CN1C(=O)c2ccccc2C1=O)c1ccc(N2CCOCC2=O)cc1. The van der Waals surface area contributed by atoms with E-state index in [9.17, 15) is 24.0 Å². The van der Waals surface area contributed by atoms with E-state index in [1.807, 2.05) is 0 Å². The summed E-state index contributed by atoms with van der Waals surface area (Å²) in [6, 6.07) is 13.0. The first-order valence-electron chi connectivity index (χ1n) is 9.66. The van der Waals surface area contributed by atoms with Gasteiger partial charge >= 0.3 is 0 Å². The van der Waals surface area contributed by atoms with Gasteiger partial charge in [-0.05, 0) is 36.4 Å². The van der Waals surface area contributed by atoms with Gasteiger partial charge in [0.1, 0.15) is 6.61 Å². The van der Waals surface area contributed by atoms with Crippen molar-refractivity contribution in [2.75, 3.05) is 42.6 Å². The number of amides is 4. The van der Waals surface area contributed by atoms with E-state index in [-0.39, 0.29) is 30.2 Å². The number of fused-ring (bicyclic) bond motifs is 1. The average molecular weight is 421 g/mol. The van der Waals surface area contributed by atoms with Crippen LogP contribution in [0.15, 0.2) is 48.5 Å². The fraction of sp³-hybridized carbons (Fsp3) is 0.227. The van der Waals surface area contributed by atoms with Crippen LogP contribution in [0.5, 0.6) is 0 Å². The Morgan fingerprint density at radius 2 is 1.65 bits per heavy atom. The Labute approximate surface area is 177 Å². The summed E-state index contributed by atoms with van der Waals surface area (Å²) >= 11 is 0. The van der Waals surface area contributed by atoms with E-state index in [0.29, 0.717) is 30.9 Å². The van der Waals surface area contributed by atoms with Crippen LogP contribution in [-0.2, 0) is 19.1 Å². The van der Waals surface area contributed by atoms with Crippen molar-refractivity contribution < 1.29 is 28.7 Å². The number of morpholine rings is 1. The van der Waals surface area contributed by atoms with Gasteiger partial charge in [0.2, 0.25) is 6.41 Å². The summed E-state index contributed by atoms with van der Waals surface area (Å²) in [6.45, 7) is 0.187. The van der Waals surface area contributed by atoms with E-state index in [2.05, 4.69) is 0 Å². The molecule has 4 rings (SSSR count). The Hall–Kier alpha value is -3.85. The molecule has 2 aromatic rings. The zero-order chi connectivity index (χ0) is 22.0. The van der Waals surface area contributed by atoms with Gasteiger partial charge in [-0.15, -0.1) is 0 Å². The van der Waals surface area contributed by atoms with Gasteiger partial charge in [-0.3, -0.25) is 28.9 Å². The van der Waals surface area contributed by atoms with E-state index in [4.69, 9.17) is 4.74 Å². The van der Waals surface area contributed by atoms with Crippen LogP contribution < -0.4 is 9.80 Å². The Morgan fingerprint density at radius 1 is 1.00 bits per heavy atom. The van der Waals surface area contributed by atoms with Crippen LogP contribution in [0.3, 0.4) is 0 Å². The first-order chi connectivity index (χ1) is 15.0. The van der Waals surface area contributed by atoms with Crippen LogP contribution in [-0.4, -0.2) is 67.7 Å². The summed E-state index contributed by atoms with van der Waals surface area (Å²) in [5.74, 6) is -1.66. The maximum absolute atomic E-state index is 12.5. The summed E-state index contributed by atoms with van der Waals surface area (Å²) in [6.07, 6.45) is 0.509. The zero-order valence-corrected chi connectivity index (χ0v) is 16.5. The van der Waals surface area contributed by atoms with E-state index in [1.165, 1.54) is 4.90 Å². The van der Waals surface area contributed by atoms with Crippen LogP contribution in [0.4, 0.5) is 11.4 Å². The fourth-order valence-electron chi connectivity index (χ4n) is 3.60. The van der Waals surface area contributed by atoms with Crippen molar-refractivity contribution in [1.29, 1.82) is 0 Å². The number of benzene rings is 2. The van der Waals surface area contributed by atoms with Crippen LogP contribution >= 0.6 is 0 Å². The van der Waals surface area contributed by atoms with Crippen molar-refractivity contribution >= 4 is 41.3 Å². The number of carbonyl (C=O) groups is 5. The monoisotopic (exact) mass is 421 g/mol. The van der Waals surface area contributed by atoms with Gasteiger partial charge in [0.25, 0.3) is 17.7 Å². The van der Waals surface area contributed by atoms with Gasteiger partial charge in [0.05, 0.1) is 30.8 Å². The Kier molecular flexibility index (Phi) is 5.59. The lowest BCUT2D eigenvalue weighted by Crippen LogP contribution is -2.41. The molecule has 1 fully saturated rings. The van der Waals surface area contributed by atoms with Crippen molar-refractivity contribution in [3.8, 4) is 0 Å². The second-order valence-electron chi connectivity index (χ2n) is 7.13. The number of Topliss-reactive ketones (excluding diaryl/α,β-unsaturated/α-hetero) is 1. The van der Waals surface area contributed by atoms with E-state index in [0.717, 1.165) is 4.90 Å². The Balaban J connectivity index is 1.42. The Morgan fingerprint density at radius 3 is 2.23 bits per heavy atom. The number of carbonyl (C=O) groups excluding carboxylic acids is 5. The molecule has 0 spiro atoms. The van der Waals surface area contributed by atoms with E-state index >= 15 is 0 Å². The molecule has 1 saturated heterocycles. The predicted octanol–water partition coefficient (Wildman–Crippen LogP) is 0.878. The largest absolute Gasteiger partial charge is 0.370 e. The number of rotatable bonds is 7. The van der Waals surface area contributed by atoms with E-state index < -0.39 is 24.1 Å². The number of anilines is 2. The summed E-state index contributed by atoms with van der Waals surface area (Å²) in [5.41, 5.74) is 1.65. The molecule has 0 radical (unpaired) electrons. The highest BCUT2D eigenvalue weighted by Crippen LogP contribution is 2.23. The average Bonchev–Trinajstić information content (AvgIpc) is 3.03. The minimum absolute atomic E-state index is 0.0223. The topological polar surface area (TPSA) is 104 Å². The fourth-order valence-corrected chi connectivity index (χ4v) is 3.60. The van der Waals surface area contributed by atoms with Crippen molar-refractivity contribution in [3.63, 3.8) is 0 Å². The second-order valence-corrected chi connectivity index (χ2v) is 7.13. The Bertz CT molecular complexity index is 1030. The second kappa shape index (κ2) is 8.49. The summed E-state index contributed by atoms with van der Waals surface area (Å²) in [5, 5.41) is 0. The molecule has 2 aromatic carbocycles. The van der Waals surface area contributed by atoms with Gasteiger partial charge in [-0.2, -0.15) is 0 Å². The van der Waals surface area contributed by atoms with Crippen LogP contribution in [0.25, 0.3) is 0 Å². The van der Waals surface area contributed by atoms with Crippen molar-refractivity contribution in [3.05, 3.63) is 59.7 Å². The van der Waals surface area contributed by atoms with Crippen molar-refractivity contribution in [1.82, 2.24) is 4.90 Å². The molecule has 9 nitrogen and oxygen atoms in total. The smallest absolute Gasteiger partial charge is 0.261 e. The molecule has 158 valence electrons.